The van der Waals surface area contributed by atoms with Crippen LogP contribution in [0.1, 0.15) is 49.1 Å². The van der Waals surface area contributed by atoms with Gasteiger partial charge in [0.2, 0.25) is 11.9 Å². The van der Waals surface area contributed by atoms with Gasteiger partial charge in [-0.25, -0.2) is 9.97 Å². The third-order valence-electron chi connectivity index (χ3n) is 5.84. The van der Waals surface area contributed by atoms with E-state index in [1.807, 2.05) is 33.2 Å². The van der Waals surface area contributed by atoms with Gasteiger partial charge in [-0.1, -0.05) is 6.08 Å². The first kappa shape index (κ1) is 21.3. The predicted molar refractivity (Wildman–Crippen MR) is 110 cm³/mol. The first-order valence-corrected chi connectivity index (χ1v) is 10.3. The maximum atomic E-state index is 12.5. The van der Waals surface area contributed by atoms with Gasteiger partial charge in [-0.2, -0.15) is 18.3 Å². The van der Waals surface area contributed by atoms with Crippen molar-refractivity contribution < 1.29 is 18.0 Å². The molecule has 7 nitrogen and oxygen atoms in total. The van der Waals surface area contributed by atoms with E-state index in [0.717, 1.165) is 41.1 Å². The average molecular weight is 434 g/mol. The van der Waals surface area contributed by atoms with Gasteiger partial charge in [0, 0.05) is 31.9 Å². The zero-order valence-electron chi connectivity index (χ0n) is 17.7. The summed E-state index contributed by atoms with van der Waals surface area (Å²) in [5, 5.41) is 7.49. The van der Waals surface area contributed by atoms with Gasteiger partial charge in [0.25, 0.3) is 0 Å². The Morgan fingerprint density at radius 2 is 2.06 bits per heavy atom. The number of carbonyl (C=O) groups excluding carboxylic acids is 1. The van der Waals surface area contributed by atoms with Crippen molar-refractivity contribution >= 4 is 23.1 Å². The molecule has 2 unspecified atom stereocenters. The van der Waals surface area contributed by atoms with Gasteiger partial charge >= 0.3 is 6.18 Å². The molecule has 0 aromatic carbocycles. The molecule has 4 rings (SSSR count). The number of alkyl halides is 3. The quantitative estimate of drug-likeness (QED) is 0.768. The Hall–Kier alpha value is -2.91. The van der Waals surface area contributed by atoms with Crippen LogP contribution in [0.2, 0.25) is 0 Å². The molecule has 2 aromatic heterocycles. The third-order valence-corrected chi connectivity index (χ3v) is 5.84. The number of fused-ring (bicyclic) bond motifs is 2. The Morgan fingerprint density at radius 1 is 1.29 bits per heavy atom. The fourth-order valence-corrected chi connectivity index (χ4v) is 4.44. The van der Waals surface area contributed by atoms with E-state index in [1.165, 1.54) is 0 Å². The molecule has 2 aliphatic heterocycles. The molecular weight excluding hydrogens is 409 g/mol. The maximum absolute atomic E-state index is 12.5. The number of anilines is 2. The largest absolute Gasteiger partial charge is 0.389 e. The zero-order valence-corrected chi connectivity index (χ0v) is 17.7. The SMILES string of the molecule is Cc1cnc(Nc2cn(C)nc2C)nc1C1=CC2CCC(C1)N2C(=O)CCC(F)(F)F. The molecular formula is C21H25F3N6O. The molecule has 1 fully saturated rings. The number of nitrogens with one attached hydrogen (secondary N) is 1. The average Bonchev–Trinajstić information content (AvgIpc) is 3.14. The van der Waals surface area contributed by atoms with E-state index in [4.69, 9.17) is 4.98 Å². The normalized spacial score (nSPS) is 20.7. The molecule has 1 amide bonds. The van der Waals surface area contributed by atoms with Crippen molar-refractivity contribution in [3.8, 4) is 0 Å². The summed E-state index contributed by atoms with van der Waals surface area (Å²) < 4.78 is 39.3. The molecule has 4 heterocycles. The second-order valence-corrected chi connectivity index (χ2v) is 8.26. The van der Waals surface area contributed by atoms with Gasteiger partial charge in [0.1, 0.15) is 0 Å². The molecule has 2 aromatic rings. The number of hydrogen-bond donors (Lipinski definition) is 1. The monoisotopic (exact) mass is 434 g/mol. The Labute approximate surface area is 178 Å². The highest BCUT2D eigenvalue weighted by atomic mass is 19.4. The predicted octanol–water partition coefficient (Wildman–Crippen LogP) is 4.06. The van der Waals surface area contributed by atoms with Crippen LogP contribution in [0.3, 0.4) is 0 Å². The fraction of sp³-hybridized carbons (Fsp3) is 0.524. The molecule has 2 aliphatic rings. The van der Waals surface area contributed by atoms with Crippen molar-refractivity contribution in [2.75, 3.05) is 5.32 Å². The topological polar surface area (TPSA) is 75.9 Å². The van der Waals surface area contributed by atoms with Crippen molar-refractivity contribution in [1.29, 1.82) is 0 Å². The number of hydrogen-bond acceptors (Lipinski definition) is 5. The van der Waals surface area contributed by atoms with Crippen LogP contribution in [0.4, 0.5) is 24.8 Å². The molecule has 1 N–H and O–H groups in total. The van der Waals surface area contributed by atoms with E-state index < -0.39 is 24.9 Å². The summed E-state index contributed by atoms with van der Waals surface area (Å²) in [4.78, 5) is 23.2. The van der Waals surface area contributed by atoms with E-state index in [2.05, 4.69) is 15.4 Å². The van der Waals surface area contributed by atoms with Crippen molar-refractivity contribution in [3.63, 3.8) is 0 Å². The lowest BCUT2D eigenvalue weighted by Gasteiger charge is -2.34. The standard InChI is InChI=1S/C21H25F3N6O/c1-12-10-25-20(26-17-11-29(3)28-13(17)2)27-19(12)14-8-15-4-5-16(9-14)30(15)18(31)6-7-21(22,23)24/h8,10-11,15-16H,4-7,9H2,1-3H3,(H,25,26,27). The summed E-state index contributed by atoms with van der Waals surface area (Å²) in [6.07, 6.45) is 1.82. The van der Waals surface area contributed by atoms with Crippen LogP contribution in [0.5, 0.6) is 0 Å². The molecule has 166 valence electrons. The first-order chi connectivity index (χ1) is 14.6. The van der Waals surface area contributed by atoms with Crippen LogP contribution in [0.15, 0.2) is 18.5 Å². The number of aromatic nitrogens is 4. The van der Waals surface area contributed by atoms with Crippen LogP contribution in [-0.4, -0.2) is 48.8 Å². The highest BCUT2D eigenvalue weighted by Crippen LogP contribution is 2.39. The van der Waals surface area contributed by atoms with Crippen LogP contribution in [0, 0.1) is 13.8 Å². The summed E-state index contributed by atoms with van der Waals surface area (Å²) in [5.74, 6) is 0.0302. The van der Waals surface area contributed by atoms with Gasteiger partial charge < -0.3 is 10.2 Å². The van der Waals surface area contributed by atoms with Crippen molar-refractivity contribution in [3.05, 3.63) is 35.4 Å². The van der Waals surface area contributed by atoms with E-state index in [-0.39, 0.29) is 12.1 Å². The molecule has 0 radical (unpaired) electrons. The Kier molecular flexibility index (Phi) is 5.49. The van der Waals surface area contributed by atoms with Crippen molar-refractivity contribution in [2.24, 2.45) is 7.05 Å². The molecule has 2 atom stereocenters. The number of carbonyl (C=O) groups is 1. The number of nitrogens with zero attached hydrogens (tertiary/aromatic N) is 5. The second-order valence-electron chi connectivity index (χ2n) is 8.26. The number of rotatable bonds is 5. The lowest BCUT2D eigenvalue weighted by atomic mass is 9.96. The van der Waals surface area contributed by atoms with Crippen LogP contribution < -0.4 is 5.32 Å². The number of halogens is 3. The van der Waals surface area contributed by atoms with Crippen molar-refractivity contribution in [1.82, 2.24) is 24.6 Å². The van der Waals surface area contributed by atoms with E-state index in [0.29, 0.717) is 12.4 Å². The Bertz CT molecular complexity index is 1030. The first-order valence-electron chi connectivity index (χ1n) is 10.3. The van der Waals surface area contributed by atoms with E-state index in [1.54, 1.807) is 15.8 Å². The van der Waals surface area contributed by atoms with Crippen molar-refractivity contribution in [2.45, 2.75) is 64.2 Å². The molecule has 0 saturated carbocycles. The van der Waals surface area contributed by atoms with Crippen LogP contribution >= 0.6 is 0 Å². The summed E-state index contributed by atoms with van der Waals surface area (Å²) in [7, 11) is 1.84. The summed E-state index contributed by atoms with van der Waals surface area (Å²) in [6.45, 7) is 3.82. The lowest BCUT2D eigenvalue weighted by molar-refractivity contribution is -0.150. The van der Waals surface area contributed by atoms with Crippen LogP contribution in [-0.2, 0) is 11.8 Å². The fourth-order valence-electron chi connectivity index (χ4n) is 4.44. The highest BCUT2D eigenvalue weighted by Gasteiger charge is 2.41. The smallest absolute Gasteiger partial charge is 0.333 e. The second kappa shape index (κ2) is 7.97. The Balaban J connectivity index is 1.54. The maximum Gasteiger partial charge on any atom is 0.389 e. The minimum absolute atomic E-state index is 0.0860. The number of aryl methyl sites for hydroxylation is 3. The summed E-state index contributed by atoms with van der Waals surface area (Å²) in [5.41, 5.74) is 4.38. The minimum Gasteiger partial charge on any atom is -0.333 e. The molecule has 31 heavy (non-hydrogen) atoms. The highest BCUT2D eigenvalue weighted by molar-refractivity contribution is 5.80. The molecule has 0 aliphatic carbocycles. The number of amides is 1. The molecule has 10 heteroatoms. The summed E-state index contributed by atoms with van der Waals surface area (Å²) >= 11 is 0. The lowest BCUT2D eigenvalue weighted by Crippen LogP contribution is -2.43. The van der Waals surface area contributed by atoms with Gasteiger partial charge in [-0.05, 0) is 44.2 Å². The third kappa shape index (κ3) is 4.57. The zero-order chi connectivity index (χ0) is 22.3. The van der Waals surface area contributed by atoms with Crippen LogP contribution in [0.25, 0.3) is 5.57 Å². The van der Waals surface area contributed by atoms with Gasteiger partial charge in [0.15, 0.2) is 0 Å². The van der Waals surface area contributed by atoms with E-state index in [9.17, 15) is 18.0 Å². The molecule has 0 spiro atoms. The van der Waals surface area contributed by atoms with Gasteiger partial charge in [-0.15, -0.1) is 0 Å². The van der Waals surface area contributed by atoms with Gasteiger partial charge in [-0.3, -0.25) is 9.48 Å². The van der Waals surface area contributed by atoms with Gasteiger partial charge in [0.05, 0.1) is 29.5 Å². The van der Waals surface area contributed by atoms with E-state index >= 15 is 0 Å². The molecule has 2 bridgehead atoms. The molecule has 1 saturated heterocycles. The minimum atomic E-state index is -4.32. The Morgan fingerprint density at radius 3 is 2.71 bits per heavy atom. The summed E-state index contributed by atoms with van der Waals surface area (Å²) in [6, 6.07) is -0.266.